The second kappa shape index (κ2) is 5.37. The Kier molecular flexibility index (Phi) is 4.39. The lowest BCUT2D eigenvalue weighted by atomic mass is 10.2. The Balaban J connectivity index is 3.36. The normalized spacial score (nSPS) is 14.1. The number of carbonyl (C=O) groups is 1. The molecule has 0 spiro atoms. The van der Waals surface area contributed by atoms with Crippen LogP contribution in [-0.2, 0) is 21.0 Å². The van der Waals surface area contributed by atoms with E-state index in [9.17, 15) is 30.8 Å². The van der Waals surface area contributed by atoms with Crippen molar-refractivity contribution in [3.8, 4) is 0 Å². The molecule has 112 valence electrons. The first kappa shape index (κ1) is 16.4. The number of carboxylic acid groups (broad SMARTS) is 1. The van der Waals surface area contributed by atoms with Crippen molar-refractivity contribution < 1.29 is 35.9 Å². The minimum absolute atomic E-state index is 0.0278. The van der Waals surface area contributed by atoms with Gasteiger partial charge in [-0.1, -0.05) is 0 Å². The molecule has 1 aromatic rings. The molecule has 0 aliphatic rings. The maximum absolute atomic E-state index is 12.8. The van der Waals surface area contributed by atoms with Crippen molar-refractivity contribution in [1.82, 2.24) is 4.72 Å². The number of hydrogen-bond donors (Lipinski definition) is 2. The predicted octanol–water partition coefficient (Wildman–Crippen LogP) is 1.60. The molecular formula is C10H9F4NO4S. The van der Waals surface area contributed by atoms with E-state index in [1.807, 2.05) is 0 Å². The Hall–Kier alpha value is -1.68. The van der Waals surface area contributed by atoms with Crippen LogP contribution in [0.1, 0.15) is 12.5 Å². The van der Waals surface area contributed by atoms with E-state index < -0.39 is 44.5 Å². The average molecular weight is 315 g/mol. The monoisotopic (exact) mass is 315 g/mol. The lowest BCUT2D eigenvalue weighted by Gasteiger charge is -2.15. The van der Waals surface area contributed by atoms with E-state index in [-0.39, 0.29) is 6.07 Å². The standard InChI is InChI=1S/C10H9F4NO4S/c1-5(9(16)17)15-20(18,19)8-3-2-6(11)4-7(8)10(12,13)14/h2-5,15H,1H3,(H,16,17)/t5-/m1/s1. The van der Waals surface area contributed by atoms with Crippen LogP contribution in [0, 0.1) is 5.82 Å². The number of carboxylic acids is 1. The molecular weight excluding hydrogens is 306 g/mol. The molecule has 0 unspecified atom stereocenters. The number of aliphatic carboxylic acids is 1. The first-order valence-corrected chi connectivity index (χ1v) is 6.55. The Morgan fingerprint density at radius 1 is 1.35 bits per heavy atom. The van der Waals surface area contributed by atoms with E-state index >= 15 is 0 Å². The van der Waals surface area contributed by atoms with Gasteiger partial charge in [-0.2, -0.15) is 17.9 Å². The fourth-order valence-corrected chi connectivity index (χ4v) is 2.71. The summed E-state index contributed by atoms with van der Waals surface area (Å²) in [6.07, 6.45) is -5.10. The van der Waals surface area contributed by atoms with Gasteiger partial charge >= 0.3 is 12.1 Å². The zero-order chi connectivity index (χ0) is 15.7. The first-order chi connectivity index (χ1) is 8.95. The molecule has 0 saturated heterocycles. The van der Waals surface area contributed by atoms with Crippen LogP contribution < -0.4 is 4.72 Å². The van der Waals surface area contributed by atoms with Crippen LogP contribution in [0.5, 0.6) is 0 Å². The lowest BCUT2D eigenvalue weighted by Crippen LogP contribution is -2.39. The second-order valence-corrected chi connectivity index (χ2v) is 5.50. The summed E-state index contributed by atoms with van der Waals surface area (Å²) in [5.41, 5.74) is -1.71. The molecule has 0 amide bonds. The zero-order valence-electron chi connectivity index (χ0n) is 9.90. The quantitative estimate of drug-likeness (QED) is 0.827. The van der Waals surface area contributed by atoms with Crippen molar-refractivity contribution in [2.24, 2.45) is 0 Å². The van der Waals surface area contributed by atoms with Crippen molar-refractivity contribution >= 4 is 16.0 Å². The summed E-state index contributed by atoms with van der Waals surface area (Å²) < 4.78 is 75.9. The van der Waals surface area contributed by atoms with Crippen molar-refractivity contribution in [1.29, 1.82) is 0 Å². The van der Waals surface area contributed by atoms with Gasteiger partial charge in [0, 0.05) is 0 Å². The van der Waals surface area contributed by atoms with E-state index in [4.69, 9.17) is 5.11 Å². The minimum Gasteiger partial charge on any atom is -0.480 e. The minimum atomic E-state index is -5.10. The highest BCUT2D eigenvalue weighted by Gasteiger charge is 2.38. The molecule has 10 heteroatoms. The summed E-state index contributed by atoms with van der Waals surface area (Å²) in [4.78, 5) is 9.30. The van der Waals surface area contributed by atoms with E-state index in [1.54, 1.807) is 4.72 Å². The Bertz CT molecular complexity index is 627. The largest absolute Gasteiger partial charge is 0.480 e. The van der Waals surface area contributed by atoms with Gasteiger partial charge in [0.05, 0.1) is 10.5 Å². The molecule has 2 N–H and O–H groups in total. The molecule has 1 atom stereocenters. The van der Waals surface area contributed by atoms with Crippen LogP contribution in [0.25, 0.3) is 0 Å². The third-order valence-corrected chi connectivity index (χ3v) is 3.84. The van der Waals surface area contributed by atoms with Gasteiger partial charge in [0.1, 0.15) is 11.9 Å². The maximum atomic E-state index is 12.8. The highest BCUT2D eigenvalue weighted by Crippen LogP contribution is 2.34. The summed E-state index contributed by atoms with van der Waals surface area (Å²) in [7, 11) is -4.75. The molecule has 0 aliphatic carbocycles. The number of benzene rings is 1. The smallest absolute Gasteiger partial charge is 0.417 e. The van der Waals surface area contributed by atoms with Gasteiger partial charge in [0.25, 0.3) is 0 Å². The van der Waals surface area contributed by atoms with Gasteiger partial charge in [-0.3, -0.25) is 4.79 Å². The molecule has 0 saturated carbocycles. The molecule has 0 radical (unpaired) electrons. The van der Waals surface area contributed by atoms with Gasteiger partial charge < -0.3 is 5.11 Å². The second-order valence-electron chi connectivity index (χ2n) is 3.82. The van der Waals surface area contributed by atoms with Gasteiger partial charge in [0.15, 0.2) is 0 Å². The van der Waals surface area contributed by atoms with Crippen LogP contribution in [0.4, 0.5) is 17.6 Å². The number of halogens is 4. The van der Waals surface area contributed by atoms with Gasteiger partial charge in [-0.15, -0.1) is 0 Å². The highest BCUT2D eigenvalue weighted by molar-refractivity contribution is 7.89. The predicted molar refractivity (Wildman–Crippen MR) is 58.8 cm³/mol. The maximum Gasteiger partial charge on any atom is 0.417 e. The summed E-state index contributed by atoms with van der Waals surface area (Å²) in [5, 5.41) is 8.56. The van der Waals surface area contributed by atoms with Crippen molar-refractivity contribution in [3.05, 3.63) is 29.6 Å². The molecule has 20 heavy (non-hydrogen) atoms. The van der Waals surface area contributed by atoms with Gasteiger partial charge in [-0.25, -0.2) is 12.8 Å². The van der Waals surface area contributed by atoms with E-state index in [1.165, 1.54) is 0 Å². The summed E-state index contributed by atoms with van der Waals surface area (Å²) >= 11 is 0. The van der Waals surface area contributed by atoms with Crippen LogP contribution in [0.3, 0.4) is 0 Å². The molecule has 0 aliphatic heterocycles. The lowest BCUT2D eigenvalue weighted by molar-refractivity contribution is -0.140. The van der Waals surface area contributed by atoms with Crippen molar-refractivity contribution in [2.45, 2.75) is 24.0 Å². The Labute approximate surface area is 111 Å². The molecule has 5 nitrogen and oxygen atoms in total. The van der Waals surface area contributed by atoms with Crippen molar-refractivity contribution in [3.63, 3.8) is 0 Å². The zero-order valence-corrected chi connectivity index (χ0v) is 10.7. The average Bonchev–Trinajstić information content (AvgIpc) is 2.26. The highest BCUT2D eigenvalue weighted by atomic mass is 32.2. The molecule has 0 aromatic heterocycles. The fraction of sp³-hybridized carbons (Fsp3) is 0.300. The van der Waals surface area contributed by atoms with Crippen LogP contribution in [-0.4, -0.2) is 25.5 Å². The van der Waals surface area contributed by atoms with Crippen LogP contribution >= 0.6 is 0 Å². The Morgan fingerprint density at radius 3 is 2.35 bits per heavy atom. The van der Waals surface area contributed by atoms with Gasteiger partial charge in [-0.05, 0) is 25.1 Å². The molecule has 1 rings (SSSR count). The first-order valence-electron chi connectivity index (χ1n) is 5.07. The summed E-state index contributed by atoms with van der Waals surface area (Å²) in [5.74, 6) is -2.83. The number of sulfonamides is 1. The third-order valence-electron chi connectivity index (χ3n) is 2.24. The van der Waals surface area contributed by atoms with Crippen molar-refractivity contribution in [2.75, 3.05) is 0 Å². The van der Waals surface area contributed by atoms with Gasteiger partial charge in [0.2, 0.25) is 10.0 Å². The number of nitrogens with one attached hydrogen (secondary N) is 1. The van der Waals surface area contributed by atoms with Crippen LogP contribution in [0.15, 0.2) is 23.1 Å². The SMILES string of the molecule is C[C@@H](NS(=O)(=O)c1ccc(F)cc1C(F)(F)F)C(=O)O. The summed E-state index contributed by atoms with van der Waals surface area (Å²) in [6.45, 7) is 0.941. The third kappa shape index (κ3) is 3.67. The van der Waals surface area contributed by atoms with E-state index in [0.29, 0.717) is 12.1 Å². The molecule has 0 fully saturated rings. The topological polar surface area (TPSA) is 83.5 Å². The Morgan fingerprint density at radius 2 is 1.90 bits per heavy atom. The van der Waals surface area contributed by atoms with E-state index in [0.717, 1.165) is 6.92 Å². The van der Waals surface area contributed by atoms with Crippen LogP contribution in [0.2, 0.25) is 0 Å². The molecule has 0 bridgehead atoms. The number of alkyl halides is 3. The fourth-order valence-electron chi connectivity index (χ4n) is 1.30. The molecule has 1 aromatic carbocycles. The summed E-state index contributed by atoms with van der Waals surface area (Å²) in [6, 6.07) is -0.643. The number of hydrogen-bond acceptors (Lipinski definition) is 3. The van der Waals surface area contributed by atoms with E-state index in [2.05, 4.69) is 0 Å². The number of rotatable bonds is 4. The molecule has 0 heterocycles.